The molecular weight excluding hydrogens is 276 g/mol. The molecule has 0 aliphatic heterocycles. The van der Waals surface area contributed by atoms with E-state index in [-0.39, 0.29) is 5.75 Å². The maximum atomic E-state index is 10.7. The number of nitrogens with zero attached hydrogens (tertiary/aromatic N) is 2. The third kappa shape index (κ3) is 3.52. The van der Waals surface area contributed by atoms with Crippen molar-refractivity contribution in [1.29, 1.82) is 0 Å². The first-order valence-corrected chi connectivity index (χ1v) is 7.49. The van der Waals surface area contributed by atoms with Crippen molar-refractivity contribution in [2.24, 2.45) is 0 Å². The van der Waals surface area contributed by atoms with Crippen molar-refractivity contribution in [3.8, 4) is 0 Å². The van der Waals surface area contributed by atoms with Gasteiger partial charge in [-0.1, -0.05) is 17.8 Å². The summed E-state index contributed by atoms with van der Waals surface area (Å²) in [5.74, 6) is -0.827. The number of aryl methyl sites for hydroxylation is 1. The number of hydrogen-bond acceptors (Lipinski definition) is 4. The molecule has 0 fully saturated rings. The van der Waals surface area contributed by atoms with Crippen LogP contribution in [-0.2, 0) is 16.1 Å². The molecule has 0 aliphatic rings. The van der Waals surface area contributed by atoms with Crippen molar-refractivity contribution >= 4 is 28.8 Å². The zero-order chi connectivity index (χ0) is 14.5. The third-order valence-corrected chi connectivity index (χ3v) is 3.82. The summed E-state index contributed by atoms with van der Waals surface area (Å²) in [5.41, 5.74) is 3.05. The van der Waals surface area contributed by atoms with E-state index in [1.165, 1.54) is 11.8 Å². The molecule has 0 amide bonds. The van der Waals surface area contributed by atoms with Crippen molar-refractivity contribution < 1.29 is 14.6 Å². The molecule has 1 N–H and O–H groups in total. The van der Waals surface area contributed by atoms with Crippen LogP contribution in [0.1, 0.15) is 12.5 Å². The Labute approximate surface area is 121 Å². The highest BCUT2D eigenvalue weighted by Crippen LogP contribution is 2.24. The zero-order valence-corrected chi connectivity index (χ0v) is 12.4. The van der Waals surface area contributed by atoms with Gasteiger partial charge in [0.25, 0.3) is 0 Å². The number of fused-ring (bicyclic) bond motifs is 1. The van der Waals surface area contributed by atoms with Gasteiger partial charge >= 0.3 is 5.97 Å². The highest BCUT2D eigenvalue weighted by molar-refractivity contribution is 7.99. The Hall–Kier alpha value is -1.53. The average Bonchev–Trinajstić information content (AvgIpc) is 2.74. The summed E-state index contributed by atoms with van der Waals surface area (Å²) in [7, 11) is 0. The van der Waals surface area contributed by atoms with E-state index in [9.17, 15) is 4.79 Å². The maximum absolute atomic E-state index is 10.7. The third-order valence-electron chi connectivity index (χ3n) is 2.86. The summed E-state index contributed by atoms with van der Waals surface area (Å²) >= 11 is 1.24. The number of carboxylic acid groups (broad SMARTS) is 1. The van der Waals surface area contributed by atoms with Crippen molar-refractivity contribution in [3.05, 3.63) is 23.8 Å². The molecule has 0 spiro atoms. The zero-order valence-electron chi connectivity index (χ0n) is 11.6. The van der Waals surface area contributed by atoms with E-state index in [4.69, 9.17) is 9.84 Å². The lowest BCUT2D eigenvalue weighted by Gasteiger charge is -2.08. The van der Waals surface area contributed by atoms with Gasteiger partial charge in [0.1, 0.15) is 0 Å². The van der Waals surface area contributed by atoms with Crippen molar-refractivity contribution in [3.63, 3.8) is 0 Å². The average molecular weight is 294 g/mol. The summed E-state index contributed by atoms with van der Waals surface area (Å²) in [6.45, 7) is 5.91. The summed E-state index contributed by atoms with van der Waals surface area (Å²) in [5, 5.41) is 9.55. The first-order valence-electron chi connectivity index (χ1n) is 6.51. The molecule has 0 radical (unpaired) electrons. The Balaban J connectivity index is 2.31. The minimum Gasteiger partial charge on any atom is -0.481 e. The Morgan fingerprint density at radius 3 is 3.00 bits per heavy atom. The normalized spacial score (nSPS) is 11.1. The van der Waals surface area contributed by atoms with Gasteiger partial charge in [-0.2, -0.15) is 0 Å². The molecule has 1 aromatic carbocycles. The van der Waals surface area contributed by atoms with Gasteiger partial charge in [0.15, 0.2) is 5.16 Å². The fraction of sp³-hybridized carbons (Fsp3) is 0.429. The van der Waals surface area contributed by atoms with Crippen LogP contribution in [0.15, 0.2) is 23.4 Å². The fourth-order valence-electron chi connectivity index (χ4n) is 1.97. The predicted molar refractivity (Wildman–Crippen MR) is 79.3 cm³/mol. The Morgan fingerprint density at radius 1 is 1.50 bits per heavy atom. The van der Waals surface area contributed by atoms with E-state index in [0.29, 0.717) is 19.8 Å². The monoisotopic (exact) mass is 294 g/mol. The van der Waals surface area contributed by atoms with E-state index in [1.807, 2.05) is 36.6 Å². The van der Waals surface area contributed by atoms with Crippen molar-refractivity contribution in [1.82, 2.24) is 9.55 Å². The van der Waals surface area contributed by atoms with Gasteiger partial charge in [0.05, 0.1) is 23.4 Å². The Kier molecular flexibility index (Phi) is 5.03. The second kappa shape index (κ2) is 6.76. The number of thioether (sulfide) groups is 1. The van der Waals surface area contributed by atoms with E-state index < -0.39 is 5.97 Å². The van der Waals surface area contributed by atoms with Gasteiger partial charge in [-0.3, -0.25) is 4.79 Å². The largest absolute Gasteiger partial charge is 0.481 e. The quantitative estimate of drug-likeness (QED) is 0.628. The molecule has 2 aromatic rings. The summed E-state index contributed by atoms with van der Waals surface area (Å²) < 4.78 is 7.41. The second-order valence-corrected chi connectivity index (χ2v) is 5.36. The molecule has 6 heteroatoms. The van der Waals surface area contributed by atoms with Crippen molar-refractivity contribution in [2.45, 2.75) is 25.5 Å². The SMILES string of the molecule is CCOCCn1c(SCC(=O)O)nc2cc(C)ccc21. The number of imidazole rings is 1. The van der Waals surface area contributed by atoms with Crippen LogP contribution in [0.5, 0.6) is 0 Å². The number of aliphatic carboxylic acids is 1. The number of aromatic nitrogens is 2. The number of benzene rings is 1. The first-order chi connectivity index (χ1) is 9.61. The molecular formula is C14H18N2O3S. The second-order valence-electron chi connectivity index (χ2n) is 4.42. The van der Waals surface area contributed by atoms with E-state index in [0.717, 1.165) is 21.8 Å². The minimum atomic E-state index is -0.838. The Bertz CT molecular complexity index is 610. The topological polar surface area (TPSA) is 64.3 Å². The van der Waals surface area contributed by atoms with Crippen LogP contribution in [-0.4, -0.2) is 39.6 Å². The van der Waals surface area contributed by atoms with Crippen LogP contribution in [0.2, 0.25) is 0 Å². The lowest BCUT2D eigenvalue weighted by Crippen LogP contribution is -2.08. The fourth-order valence-corrected chi connectivity index (χ4v) is 2.73. The molecule has 20 heavy (non-hydrogen) atoms. The van der Waals surface area contributed by atoms with E-state index in [1.54, 1.807) is 0 Å². The van der Waals surface area contributed by atoms with Crippen LogP contribution in [0.25, 0.3) is 11.0 Å². The predicted octanol–water partition coefficient (Wildman–Crippen LogP) is 2.56. The lowest BCUT2D eigenvalue weighted by molar-refractivity contribution is -0.133. The standard InChI is InChI=1S/C14H18N2O3S/c1-3-19-7-6-16-12-5-4-10(2)8-11(12)15-14(16)20-9-13(17)18/h4-5,8H,3,6-7,9H2,1-2H3,(H,17,18). The van der Waals surface area contributed by atoms with Gasteiger partial charge in [-0.25, -0.2) is 4.98 Å². The molecule has 1 aromatic heterocycles. The summed E-state index contributed by atoms with van der Waals surface area (Å²) in [6, 6.07) is 6.07. The Morgan fingerprint density at radius 2 is 2.30 bits per heavy atom. The van der Waals surface area contributed by atoms with Gasteiger partial charge in [0, 0.05) is 13.2 Å². The van der Waals surface area contributed by atoms with Crippen LogP contribution in [0, 0.1) is 6.92 Å². The molecule has 0 unspecified atom stereocenters. The molecule has 0 saturated heterocycles. The number of hydrogen-bond donors (Lipinski definition) is 1. The van der Waals surface area contributed by atoms with Crippen LogP contribution in [0.4, 0.5) is 0 Å². The number of carbonyl (C=O) groups is 1. The molecule has 0 bridgehead atoms. The summed E-state index contributed by atoms with van der Waals surface area (Å²) in [4.78, 5) is 15.3. The molecule has 0 aliphatic carbocycles. The first kappa shape index (κ1) is 14.9. The smallest absolute Gasteiger partial charge is 0.313 e. The number of carboxylic acids is 1. The molecule has 2 rings (SSSR count). The minimum absolute atomic E-state index is 0.0109. The molecule has 5 nitrogen and oxygen atoms in total. The molecule has 108 valence electrons. The highest BCUT2D eigenvalue weighted by atomic mass is 32.2. The van der Waals surface area contributed by atoms with Crippen LogP contribution in [0.3, 0.4) is 0 Å². The molecule has 1 heterocycles. The van der Waals surface area contributed by atoms with E-state index in [2.05, 4.69) is 4.98 Å². The van der Waals surface area contributed by atoms with Crippen molar-refractivity contribution in [2.75, 3.05) is 19.0 Å². The van der Waals surface area contributed by atoms with Crippen LogP contribution >= 0.6 is 11.8 Å². The molecule has 0 atom stereocenters. The van der Waals surface area contributed by atoms with Gasteiger partial charge in [-0.15, -0.1) is 0 Å². The summed E-state index contributed by atoms with van der Waals surface area (Å²) in [6.07, 6.45) is 0. The number of rotatable bonds is 7. The van der Waals surface area contributed by atoms with Gasteiger partial charge < -0.3 is 14.4 Å². The van der Waals surface area contributed by atoms with E-state index >= 15 is 0 Å². The van der Waals surface area contributed by atoms with Gasteiger partial charge in [0.2, 0.25) is 0 Å². The molecule has 0 saturated carbocycles. The lowest BCUT2D eigenvalue weighted by atomic mass is 10.2. The van der Waals surface area contributed by atoms with Crippen LogP contribution < -0.4 is 0 Å². The highest BCUT2D eigenvalue weighted by Gasteiger charge is 2.12. The maximum Gasteiger partial charge on any atom is 0.313 e. The van der Waals surface area contributed by atoms with Gasteiger partial charge in [-0.05, 0) is 31.5 Å². The number of ether oxygens (including phenoxy) is 1.